The van der Waals surface area contributed by atoms with Gasteiger partial charge in [0.2, 0.25) is 0 Å². The van der Waals surface area contributed by atoms with Crippen LogP contribution in [0.5, 0.6) is 0 Å². The van der Waals surface area contributed by atoms with Crippen LogP contribution in [-0.2, 0) is 15.6 Å². The third-order valence-corrected chi connectivity index (χ3v) is 5.99. The van der Waals surface area contributed by atoms with E-state index in [-0.39, 0.29) is 16.4 Å². The predicted molar refractivity (Wildman–Crippen MR) is 58.2 cm³/mol. The van der Waals surface area contributed by atoms with Crippen molar-refractivity contribution in [2.75, 3.05) is 0 Å². The molecule has 0 radical (unpaired) electrons. The van der Waals surface area contributed by atoms with Crippen molar-refractivity contribution in [3.8, 4) is 0 Å². The van der Waals surface area contributed by atoms with Crippen molar-refractivity contribution in [3.05, 3.63) is 0 Å². The topological polar surface area (TPSA) is 75.3 Å². The quantitative estimate of drug-likeness (QED) is 0.588. The Kier molecular flexibility index (Phi) is 2.11. The van der Waals surface area contributed by atoms with Crippen molar-refractivity contribution >= 4 is 22.7 Å². The van der Waals surface area contributed by atoms with Gasteiger partial charge in [0, 0.05) is 21.3 Å². The summed E-state index contributed by atoms with van der Waals surface area (Å²) >= 11 is 0. The maximum atomic E-state index is 12.0. The summed E-state index contributed by atoms with van der Waals surface area (Å²) in [6.45, 7) is 0. The molecule has 2 N–H and O–H groups in total. The first kappa shape index (κ1) is 10.3. The first-order chi connectivity index (χ1) is 7.61. The van der Waals surface area contributed by atoms with Crippen molar-refractivity contribution in [1.82, 2.24) is 10.6 Å². The fourth-order valence-corrected chi connectivity index (χ4v) is 5.36. The molecule has 2 unspecified atom stereocenters. The molecule has 3 rings (SSSR count). The minimum absolute atomic E-state index is 0.0802. The molecule has 3 saturated heterocycles. The van der Waals surface area contributed by atoms with Gasteiger partial charge in [-0.15, -0.1) is 0 Å². The maximum absolute atomic E-state index is 12.0. The molecule has 6 heteroatoms. The van der Waals surface area contributed by atoms with E-state index in [1.54, 1.807) is 0 Å². The SMILES string of the molecule is O=C1NC(=O)C2(CC3CCCC(C2)S3=O)N1. The Morgan fingerprint density at radius 1 is 1.19 bits per heavy atom. The second-order valence-electron chi connectivity index (χ2n) is 4.90. The number of hydrogen-bond acceptors (Lipinski definition) is 3. The summed E-state index contributed by atoms with van der Waals surface area (Å²) in [7, 11) is -0.815. The van der Waals surface area contributed by atoms with E-state index in [9.17, 15) is 13.8 Å². The molecule has 0 aromatic rings. The van der Waals surface area contributed by atoms with Crippen molar-refractivity contribution in [2.24, 2.45) is 0 Å². The van der Waals surface area contributed by atoms with Crippen molar-refractivity contribution in [3.63, 3.8) is 0 Å². The smallest absolute Gasteiger partial charge is 0.322 e. The molecule has 0 saturated carbocycles. The number of amides is 3. The summed E-state index contributed by atoms with van der Waals surface area (Å²) in [5.74, 6) is -0.230. The van der Waals surface area contributed by atoms with Crippen LogP contribution in [-0.4, -0.2) is 32.2 Å². The summed E-state index contributed by atoms with van der Waals surface area (Å²) in [5, 5.41) is 5.19. The Labute approximate surface area is 95.8 Å². The molecule has 16 heavy (non-hydrogen) atoms. The van der Waals surface area contributed by atoms with Crippen LogP contribution in [0.1, 0.15) is 32.1 Å². The number of urea groups is 1. The summed E-state index contributed by atoms with van der Waals surface area (Å²) in [5.41, 5.74) is -0.763. The zero-order valence-electron chi connectivity index (χ0n) is 8.82. The van der Waals surface area contributed by atoms with E-state index < -0.39 is 22.4 Å². The van der Waals surface area contributed by atoms with E-state index in [0.717, 1.165) is 19.3 Å². The molecule has 3 aliphatic heterocycles. The number of fused-ring (bicyclic) bond motifs is 2. The summed E-state index contributed by atoms with van der Waals surface area (Å²) in [4.78, 5) is 23.0. The highest BCUT2D eigenvalue weighted by atomic mass is 32.2. The van der Waals surface area contributed by atoms with Crippen LogP contribution in [0.2, 0.25) is 0 Å². The predicted octanol–water partition coefficient (Wildman–Crippen LogP) is 0.0282. The monoisotopic (exact) mass is 242 g/mol. The third kappa shape index (κ3) is 1.32. The zero-order chi connectivity index (χ0) is 11.3. The maximum Gasteiger partial charge on any atom is 0.322 e. The van der Waals surface area contributed by atoms with E-state index >= 15 is 0 Å². The van der Waals surface area contributed by atoms with E-state index in [4.69, 9.17) is 0 Å². The molecule has 3 aliphatic rings. The zero-order valence-corrected chi connectivity index (χ0v) is 9.64. The van der Waals surface area contributed by atoms with Gasteiger partial charge in [0.15, 0.2) is 0 Å². The van der Waals surface area contributed by atoms with Gasteiger partial charge >= 0.3 is 6.03 Å². The molecule has 0 aliphatic carbocycles. The van der Waals surface area contributed by atoms with E-state index in [1.165, 1.54) is 0 Å². The van der Waals surface area contributed by atoms with Gasteiger partial charge in [-0.1, -0.05) is 6.42 Å². The van der Waals surface area contributed by atoms with Gasteiger partial charge in [-0.25, -0.2) is 4.79 Å². The molecule has 2 atom stereocenters. The second-order valence-corrected chi connectivity index (χ2v) is 6.89. The highest BCUT2D eigenvalue weighted by Crippen LogP contribution is 2.40. The van der Waals surface area contributed by atoms with Crippen LogP contribution in [0.15, 0.2) is 0 Å². The van der Waals surface area contributed by atoms with Gasteiger partial charge in [-0.05, 0) is 25.7 Å². The first-order valence-electron chi connectivity index (χ1n) is 5.64. The average Bonchev–Trinajstić information content (AvgIpc) is 2.45. The Balaban J connectivity index is 1.92. The molecular formula is C10H14N2O3S. The Morgan fingerprint density at radius 3 is 2.31 bits per heavy atom. The minimum Gasteiger partial charge on any atom is -0.323 e. The molecule has 0 aromatic heterocycles. The normalized spacial score (nSPS) is 46.6. The summed E-state index contributed by atoms with van der Waals surface area (Å²) in [6, 6.07) is -0.407. The molecule has 3 amide bonds. The molecule has 1 spiro atoms. The fraction of sp³-hybridized carbons (Fsp3) is 0.800. The van der Waals surface area contributed by atoms with E-state index in [1.807, 2.05) is 0 Å². The van der Waals surface area contributed by atoms with Crippen LogP contribution in [0, 0.1) is 0 Å². The molecule has 88 valence electrons. The van der Waals surface area contributed by atoms with Crippen molar-refractivity contribution in [2.45, 2.75) is 48.1 Å². The Morgan fingerprint density at radius 2 is 1.81 bits per heavy atom. The Bertz CT molecular complexity index is 380. The van der Waals surface area contributed by atoms with Crippen molar-refractivity contribution < 1.29 is 13.8 Å². The van der Waals surface area contributed by atoms with Gasteiger partial charge < -0.3 is 5.32 Å². The highest BCUT2D eigenvalue weighted by molar-refractivity contribution is 7.86. The van der Waals surface area contributed by atoms with Crippen LogP contribution in [0.4, 0.5) is 4.79 Å². The van der Waals surface area contributed by atoms with Gasteiger partial charge in [0.05, 0.1) is 0 Å². The van der Waals surface area contributed by atoms with Gasteiger partial charge in [-0.3, -0.25) is 14.3 Å². The lowest BCUT2D eigenvalue weighted by Gasteiger charge is -2.42. The molecular weight excluding hydrogens is 228 g/mol. The second kappa shape index (κ2) is 3.29. The van der Waals surface area contributed by atoms with Gasteiger partial charge in [-0.2, -0.15) is 0 Å². The summed E-state index contributed by atoms with van der Waals surface area (Å²) < 4.78 is 12.0. The molecule has 2 bridgehead atoms. The highest BCUT2D eigenvalue weighted by Gasteiger charge is 2.54. The van der Waals surface area contributed by atoms with Gasteiger partial charge in [0.1, 0.15) is 5.54 Å². The lowest BCUT2D eigenvalue weighted by Crippen LogP contribution is -2.57. The number of carbonyl (C=O) groups is 2. The van der Waals surface area contributed by atoms with Crippen molar-refractivity contribution in [1.29, 1.82) is 0 Å². The number of hydrogen-bond donors (Lipinski definition) is 2. The van der Waals surface area contributed by atoms with Crippen LogP contribution in [0.3, 0.4) is 0 Å². The molecule has 0 aromatic carbocycles. The number of carbonyl (C=O) groups excluding carboxylic acids is 2. The fourth-order valence-electron chi connectivity index (χ4n) is 3.12. The standard InChI is InChI=1S/C10H14N2O3S/c13-8-10(12-9(14)11-8)4-6-2-1-3-7(5-10)16(6)15/h6-7H,1-5H2,(H2,11,12,13,14). The minimum atomic E-state index is -0.815. The van der Waals surface area contributed by atoms with Crippen LogP contribution < -0.4 is 10.6 Å². The number of nitrogens with one attached hydrogen (secondary N) is 2. The van der Waals surface area contributed by atoms with E-state index in [2.05, 4.69) is 10.6 Å². The Hall–Kier alpha value is -0.910. The number of imide groups is 1. The summed E-state index contributed by atoms with van der Waals surface area (Å²) in [6.07, 6.45) is 3.98. The largest absolute Gasteiger partial charge is 0.323 e. The van der Waals surface area contributed by atoms with E-state index in [0.29, 0.717) is 12.8 Å². The molecule has 5 nitrogen and oxygen atoms in total. The third-order valence-electron chi connectivity index (χ3n) is 3.88. The number of rotatable bonds is 0. The van der Waals surface area contributed by atoms with Gasteiger partial charge in [0.25, 0.3) is 5.91 Å². The average molecular weight is 242 g/mol. The van der Waals surface area contributed by atoms with Crippen LogP contribution >= 0.6 is 0 Å². The lowest BCUT2D eigenvalue weighted by molar-refractivity contribution is -0.124. The molecule has 3 fully saturated rings. The lowest BCUT2D eigenvalue weighted by atomic mass is 9.83. The molecule has 3 heterocycles. The first-order valence-corrected chi connectivity index (χ1v) is 6.91. The van der Waals surface area contributed by atoms with Crippen LogP contribution in [0.25, 0.3) is 0 Å².